The van der Waals surface area contributed by atoms with Gasteiger partial charge in [-0.05, 0) is 26.3 Å². The van der Waals surface area contributed by atoms with Crippen LogP contribution in [0.1, 0.15) is 24.1 Å². The largest absolute Gasteiger partial charge is 0.348 e. The van der Waals surface area contributed by atoms with Crippen LogP contribution in [0, 0.1) is 0 Å². The van der Waals surface area contributed by atoms with E-state index in [1.54, 1.807) is 11.3 Å². The van der Waals surface area contributed by atoms with E-state index in [0.717, 1.165) is 29.6 Å². The van der Waals surface area contributed by atoms with Crippen LogP contribution < -0.4 is 10.2 Å². The molecule has 0 atom stereocenters. The van der Waals surface area contributed by atoms with Crippen LogP contribution in [-0.2, 0) is 6.54 Å². The molecule has 0 saturated carbocycles. The molecule has 1 N–H and O–H groups in total. The number of aromatic nitrogens is 1. The van der Waals surface area contributed by atoms with Crippen molar-refractivity contribution in [2.45, 2.75) is 25.8 Å². The number of halogens is 1. The Morgan fingerprint density at radius 3 is 2.80 bits per heavy atom. The minimum Gasteiger partial charge on any atom is -0.348 e. The quantitative estimate of drug-likeness (QED) is 0.887. The van der Waals surface area contributed by atoms with Crippen molar-refractivity contribution in [2.75, 3.05) is 25.0 Å². The van der Waals surface area contributed by atoms with Gasteiger partial charge in [-0.2, -0.15) is 0 Å². The number of rotatable bonds is 3. The van der Waals surface area contributed by atoms with E-state index in [-0.39, 0.29) is 0 Å². The molecule has 1 fully saturated rings. The summed E-state index contributed by atoms with van der Waals surface area (Å²) in [5.74, 6) is 0. The second-order valence-corrected chi connectivity index (χ2v) is 5.21. The molecule has 1 aliphatic rings. The van der Waals surface area contributed by atoms with E-state index < -0.39 is 0 Å². The van der Waals surface area contributed by atoms with Crippen LogP contribution in [0.5, 0.6) is 0 Å². The maximum atomic E-state index is 6.08. The Balaban J connectivity index is 2.10. The van der Waals surface area contributed by atoms with Gasteiger partial charge in [0.25, 0.3) is 0 Å². The lowest BCUT2D eigenvalue weighted by atomic mass is 10.1. The van der Waals surface area contributed by atoms with Crippen LogP contribution >= 0.6 is 22.9 Å². The fourth-order valence-corrected chi connectivity index (χ4v) is 3.14. The molecule has 15 heavy (non-hydrogen) atoms. The second kappa shape index (κ2) is 5.14. The summed E-state index contributed by atoms with van der Waals surface area (Å²) < 4.78 is 0. The maximum absolute atomic E-state index is 6.08. The van der Waals surface area contributed by atoms with Gasteiger partial charge in [-0.3, -0.25) is 0 Å². The monoisotopic (exact) mass is 245 g/mol. The summed E-state index contributed by atoms with van der Waals surface area (Å²) in [6, 6.07) is 0. The predicted molar refractivity (Wildman–Crippen MR) is 66.0 cm³/mol. The summed E-state index contributed by atoms with van der Waals surface area (Å²) in [5, 5.41) is 4.86. The van der Waals surface area contributed by atoms with Gasteiger partial charge < -0.3 is 10.2 Å². The van der Waals surface area contributed by atoms with E-state index in [2.05, 4.69) is 15.2 Å². The highest BCUT2D eigenvalue weighted by Crippen LogP contribution is 2.30. The summed E-state index contributed by atoms with van der Waals surface area (Å²) in [4.78, 5) is 7.91. The number of anilines is 1. The van der Waals surface area contributed by atoms with Crippen LogP contribution in [0.15, 0.2) is 0 Å². The molecule has 3 nitrogen and oxygen atoms in total. The standard InChI is InChI=1S/C10H16ClN3S/c1-12-7-8-9(11)13-10(15-8)14-5-3-2-4-6-14/h12H,2-7H2,1H3. The molecule has 5 heteroatoms. The number of nitrogens with zero attached hydrogens (tertiary/aromatic N) is 2. The lowest BCUT2D eigenvalue weighted by molar-refractivity contribution is 0.577. The van der Waals surface area contributed by atoms with Gasteiger partial charge in [0, 0.05) is 19.6 Å². The number of piperidine rings is 1. The second-order valence-electron chi connectivity index (χ2n) is 3.79. The average Bonchev–Trinajstić information content (AvgIpc) is 2.63. The van der Waals surface area contributed by atoms with Gasteiger partial charge in [-0.25, -0.2) is 4.98 Å². The molecular weight excluding hydrogens is 230 g/mol. The Morgan fingerprint density at radius 1 is 1.40 bits per heavy atom. The third kappa shape index (κ3) is 2.62. The fourth-order valence-electron chi connectivity index (χ4n) is 1.81. The number of hydrogen-bond acceptors (Lipinski definition) is 4. The Labute approximate surface area is 99.5 Å². The Hall–Kier alpha value is -0.320. The van der Waals surface area contributed by atoms with E-state index in [1.165, 1.54) is 19.3 Å². The number of hydrogen-bond donors (Lipinski definition) is 1. The van der Waals surface area contributed by atoms with Crippen LogP contribution in [0.2, 0.25) is 5.15 Å². The van der Waals surface area contributed by atoms with Crippen molar-refractivity contribution in [3.63, 3.8) is 0 Å². The molecular formula is C10H16ClN3S. The van der Waals surface area contributed by atoms with Crippen molar-refractivity contribution in [3.05, 3.63) is 10.0 Å². The van der Waals surface area contributed by atoms with Gasteiger partial charge in [0.05, 0.1) is 4.88 Å². The molecule has 0 aliphatic carbocycles. The highest BCUT2D eigenvalue weighted by Gasteiger charge is 2.16. The first-order valence-electron chi connectivity index (χ1n) is 5.36. The third-order valence-corrected chi connectivity index (χ3v) is 4.14. The van der Waals surface area contributed by atoms with Gasteiger partial charge in [0.15, 0.2) is 5.13 Å². The summed E-state index contributed by atoms with van der Waals surface area (Å²) in [6.45, 7) is 3.07. The Kier molecular flexibility index (Phi) is 3.83. The summed E-state index contributed by atoms with van der Waals surface area (Å²) in [6.07, 6.45) is 3.90. The molecule has 2 rings (SSSR count). The zero-order valence-electron chi connectivity index (χ0n) is 8.92. The van der Waals surface area contributed by atoms with E-state index in [0.29, 0.717) is 5.15 Å². The normalized spacial score (nSPS) is 17.1. The van der Waals surface area contributed by atoms with Gasteiger partial charge in [-0.15, -0.1) is 0 Å². The summed E-state index contributed by atoms with van der Waals surface area (Å²) in [5.41, 5.74) is 0. The van der Waals surface area contributed by atoms with Crippen LogP contribution in [0.4, 0.5) is 5.13 Å². The molecule has 2 heterocycles. The van der Waals surface area contributed by atoms with E-state index in [1.807, 2.05) is 7.05 Å². The molecule has 0 unspecified atom stereocenters. The van der Waals surface area contributed by atoms with Crippen molar-refractivity contribution < 1.29 is 0 Å². The number of nitrogens with one attached hydrogen (secondary N) is 1. The van der Waals surface area contributed by atoms with E-state index in [4.69, 9.17) is 11.6 Å². The zero-order chi connectivity index (χ0) is 10.7. The third-order valence-electron chi connectivity index (χ3n) is 2.60. The van der Waals surface area contributed by atoms with Gasteiger partial charge in [0.1, 0.15) is 5.15 Å². The number of thiazole rings is 1. The topological polar surface area (TPSA) is 28.2 Å². The fraction of sp³-hybridized carbons (Fsp3) is 0.700. The van der Waals surface area contributed by atoms with Crippen LogP contribution in [0.3, 0.4) is 0 Å². The van der Waals surface area contributed by atoms with Gasteiger partial charge in [0.2, 0.25) is 0 Å². The summed E-state index contributed by atoms with van der Waals surface area (Å²) in [7, 11) is 1.93. The van der Waals surface area contributed by atoms with Gasteiger partial charge >= 0.3 is 0 Å². The lowest BCUT2D eigenvalue weighted by Crippen LogP contribution is -2.29. The minimum atomic E-state index is 0.662. The minimum absolute atomic E-state index is 0.662. The smallest absolute Gasteiger partial charge is 0.187 e. The van der Waals surface area contributed by atoms with Crippen molar-refractivity contribution >= 4 is 28.1 Å². The zero-order valence-corrected chi connectivity index (χ0v) is 10.5. The maximum Gasteiger partial charge on any atom is 0.187 e. The first-order valence-corrected chi connectivity index (χ1v) is 6.55. The molecule has 1 aliphatic heterocycles. The Bertz CT molecular complexity index is 320. The SMILES string of the molecule is CNCc1sc(N2CCCCC2)nc1Cl. The highest BCUT2D eigenvalue weighted by atomic mass is 35.5. The molecule has 1 saturated heterocycles. The van der Waals surface area contributed by atoms with E-state index >= 15 is 0 Å². The predicted octanol–water partition coefficient (Wildman–Crippen LogP) is 2.51. The van der Waals surface area contributed by atoms with Crippen molar-refractivity contribution in [2.24, 2.45) is 0 Å². The molecule has 0 bridgehead atoms. The van der Waals surface area contributed by atoms with Crippen molar-refractivity contribution in [3.8, 4) is 0 Å². The summed E-state index contributed by atoms with van der Waals surface area (Å²) >= 11 is 7.79. The molecule has 0 aromatic carbocycles. The van der Waals surface area contributed by atoms with Crippen LogP contribution in [0.25, 0.3) is 0 Å². The van der Waals surface area contributed by atoms with E-state index in [9.17, 15) is 0 Å². The molecule has 0 spiro atoms. The van der Waals surface area contributed by atoms with Gasteiger partial charge in [-0.1, -0.05) is 22.9 Å². The lowest BCUT2D eigenvalue weighted by Gasteiger charge is -2.25. The molecule has 1 aromatic heterocycles. The average molecular weight is 246 g/mol. The van der Waals surface area contributed by atoms with Crippen molar-refractivity contribution in [1.82, 2.24) is 10.3 Å². The molecule has 1 aromatic rings. The first kappa shape index (κ1) is 11.2. The molecule has 0 amide bonds. The first-order chi connectivity index (χ1) is 7.31. The Morgan fingerprint density at radius 2 is 2.13 bits per heavy atom. The molecule has 0 radical (unpaired) electrons. The highest BCUT2D eigenvalue weighted by molar-refractivity contribution is 7.16. The van der Waals surface area contributed by atoms with Crippen molar-refractivity contribution in [1.29, 1.82) is 0 Å². The molecule has 84 valence electrons. The van der Waals surface area contributed by atoms with Crippen LogP contribution in [-0.4, -0.2) is 25.1 Å².